The molecule has 0 radical (unpaired) electrons. The van der Waals surface area contributed by atoms with E-state index in [0.717, 1.165) is 48.7 Å². The minimum absolute atomic E-state index is 0.0107. The average Bonchev–Trinajstić information content (AvgIpc) is 3.46. The van der Waals surface area contributed by atoms with E-state index in [-0.39, 0.29) is 17.6 Å². The first kappa shape index (κ1) is 18.2. The molecule has 0 amide bonds. The number of nitrogens with one attached hydrogen (secondary N) is 1. The maximum absolute atomic E-state index is 13.7. The number of nitrogens with zero attached hydrogens (tertiary/aromatic N) is 1. The summed E-state index contributed by atoms with van der Waals surface area (Å²) in [5.41, 5.74) is 1.60. The van der Waals surface area contributed by atoms with Gasteiger partial charge in [-0.05, 0) is 80.0 Å². The van der Waals surface area contributed by atoms with Crippen molar-refractivity contribution in [3.8, 4) is 5.75 Å². The van der Waals surface area contributed by atoms with Crippen molar-refractivity contribution in [2.24, 2.45) is 5.92 Å². The number of aliphatic hydroxyl groups is 1. The smallest absolute Gasteiger partial charge is 0.190 e. The van der Waals surface area contributed by atoms with Crippen molar-refractivity contribution in [1.29, 1.82) is 0 Å². The fourth-order valence-corrected chi connectivity index (χ4v) is 7.51. The molecule has 2 saturated carbocycles. The number of para-hydroxylation sites is 1. The number of carbonyl (C=O) groups is 1. The molecule has 2 heterocycles. The lowest BCUT2D eigenvalue weighted by atomic mass is 9.56. The van der Waals surface area contributed by atoms with Crippen LogP contribution in [0.25, 0.3) is 0 Å². The first-order chi connectivity index (χ1) is 14.9. The molecule has 2 aromatic carbocycles. The van der Waals surface area contributed by atoms with E-state index in [2.05, 4.69) is 10.2 Å². The summed E-state index contributed by atoms with van der Waals surface area (Å²) in [5.74, 6) is 1.11. The second kappa shape index (κ2) is 5.70. The van der Waals surface area contributed by atoms with Crippen LogP contribution in [0.1, 0.15) is 53.6 Å². The number of likely N-dealkylation sites (tertiary alicyclic amines) is 1. The third-order valence-electron chi connectivity index (χ3n) is 9.01. The average molecular weight is 417 g/mol. The molecule has 160 valence electrons. The number of hydrogen-bond acceptors (Lipinski definition) is 5. The Labute approximate surface area is 182 Å². The summed E-state index contributed by atoms with van der Waals surface area (Å²) in [6.07, 6.45) is 5.17. The van der Waals surface area contributed by atoms with Gasteiger partial charge >= 0.3 is 0 Å². The van der Waals surface area contributed by atoms with Crippen LogP contribution in [0.15, 0.2) is 42.5 Å². The highest BCUT2D eigenvalue weighted by Gasteiger charge is 2.73. The van der Waals surface area contributed by atoms with E-state index < -0.39 is 16.6 Å². The third-order valence-corrected chi connectivity index (χ3v) is 9.01. The van der Waals surface area contributed by atoms with Gasteiger partial charge in [0.05, 0.1) is 5.60 Å². The number of carbonyl (C=O) groups excluding carboxylic acids is 1. The number of benzene rings is 2. The quantitative estimate of drug-likeness (QED) is 0.701. The summed E-state index contributed by atoms with van der Waals surface area (Å²) in [7, 11) is 0. The third kappa shape index (κ3) is 2.21. The number of aromatic hydroxyl groups is 1. The van der Waals surface area contributed by atoms with Crippen molar-refractivity contribution in [2.45, 2.75) is 61.1 Å². The second-order valence-electron chi connectivity index (χ2n) is 10.7. The molecule has 31 heavy (non-hydrogen) atoms. The zero-order chi connectivity index (χ0) is 21.0. The minimum Gasteiger partial charge on any atom is -0.508 e. The molecule has 1 saturated heterocycles. The largest absolute Gasteiger partial charge is 0.508 e. The molecule has 2 bridgehead atoms. The van der Waals surface area contributed by atoms with Crippen LogP contribution in [0.2, 0.25) is 0 Å². The van der Waals surface area contributed by atoms with Gasteiger partial charge in [-0.25, -0.2) is 0 Å². The van der Waals surface area contributed by atoms with Crippen molar-refractivity contribution in [1.82, 2.24) is 4.90 Å². The normalized spacial score (nSPS) is 38.0. The number of hydrogen-bond donors (Lipinski definition) is 3. The number of anilines is 1. The molecule has 4 atom stereocenters. The SMILES string of the molecule is O=C1c2ccccc2N[C@@]12C[C@]13CCN(CC4CC4)[C@H](Cc4ccc(O)cc41)[C@]3(O)C2. The first-order valence-corrected chi connectivity index (χ1v) is 11.7. The van der Waals surface area contributed by atoms with Gasteiger partial charge < -0.3 is 15.5 Å². The number of rotatable bonds is 2. The number of piperidine rings is 1. The van der Waals surface area contributed by atoms with Crippen molar-refractivity contribution in [2.75, 3.05) is 18.4 Å². The predicted octanol–water partition coefficient (Wildman–Crippen LogP) is 3.24. The molecular weight excluding hydrogens is 388 g/mol. The Morgan fingerprint density at radius 3 is 2.77 bits per heavy atom. The molecule has 0 unspecified atom stereocenters. The number of fused-ring (bicyclic) bond motifs is 2. The van der Waals surface area contributed by atoms with Gasteiger partial charge in [-0.15, -0.1) is 0 Å². The van der Waals surface area contributed by atoms with E-state index in [0.29, 0.717) is 12.8 Å². The summed E-state index contributed by atoms with van der Waals surface area (Å²) < 4.78 is 0. The van der Waals surface area contributed by atoms with Crippen LogP contribution in [-0.4, -0.2) is 51.2 Å². The van der Waals surface area contributed by atoms with Gasteiger partial charge in [-0.1, -0.05) is 18.2 Å². The van der Waals surface area contributed by atoms with Crippen LogP contribution in [0.4, 0.5) is 5.69 Å². The van der Waals surface area contributed by atoms with Crippen LogP contribution in [0, 0.1) is 5.92 Å². The zero-order valence-electron chi connectivity index (χ0n) is 17.6. The van der Waals surface area contributed by atoms with E-state index in [9.17, 15) is 15.0 Å². The van der Waals surface area contributed by atoms with Gasteiger partial charge in [0.1, 0.15) is 11.3 Å². The lowest BCUT2D eigenvalue weighted by Crippen LogP contribution is -2.69. The van der Waals surface area contributed by atoms with Gasteiger partial charge in [-0.2, -0.15) is 0 Å². The molecule has 2 aliphatic heterocycles. The lowest BCUT2D eigenvalue weighted by Gasteiger charge is -2.59. The highest BCUT2D eigenvalue weighted by atomic mass is 16.3. The molecule has 1 spiro atoms. The van der Waals surface area contributed by atoms with Crippen molar-refractivity contribution < 1.29 is 15.0 Å². The summed E-state index contributed by atoms with van der Waals surface area (Å²) >= 11 is 0. The summed E-state index contributed by atoms with van der Waals surface area (Å²) in [5, 5.41) is 26.4. The number of phenolic OH excluding ortho intramolecular Hbond substituents is 1. The van der Waals surface area contributed by atoms with E-state index in [1.165, 1.54) is 18.4 Å². The molecule has 3 fully saturated rings. The number of ketones is 1. The van der Waals surface area contributed by atoms with E-state index >= 15 is 0 Å². The van der Waals surface area contributed by atoms with Gasteiger partial charge in [0.25, 0.3) is 0 Å². The van der Waals surface area contributed by atoms with E-state index in [1.54, 1.807) is 6.07 Å². The molecular formula is C26H28N2O3. The fraction of sp³-hybridized carbons (Fsp3) is 0.500. The maximum atomic E-state index is 13.7. The highest BCUT2D eigenvalue weighted by molar-refractivity contribution is 6.14. The van der Waals surface area contributed by atoms with Crippen LogP contribution in [-0.2, 0) is 11.8 Å². The van der Waals surface area contributed by atoms with Gasteiger partial charge in [-0.3, -0.25) is 9.69 Å². The Bertz CT molecular complexity index is 1130. The Kier molecular flexibility index (Phi) is 3.35. The van der Waals surface area contributed by atoms with Gasteiger partial charge in [0.15, 0.2) is 5.78 Å². The maximum Gasteiger partial charge on any atom is 0.190 e. The summed E-state index contributed by atoms with van der Waals surface area (Å²) in [6, 6.07) is 13.4. The lowest BCUT2D eigenvalue weighted by molar-refractivity contribution is -0.131. The number of Topliss-reactive ketones (excluding diaryl/α,β-unsaturated/α-hetero) is 1. The highest BCUT2D eigenvalue weighted by Crippen LogP contribution is 2.65. The predicted molar refractivity (Wildman–Crippen MR) is 118 cm³/mol. The minimum atomic E-state index is -0.994. The Hall–Kier alpha value is -2.37. The van der Waals surface area contributed by atoms with Crippen molar-refractivity contribution in [3.63, 3.8) is 0 Å². The molecule has 3 aliphatic carbocycles. The van der Waals surface area contributed by atoms with Crippen molar-refractivity contribution >= 4 is 11.5 Å². The van der Waals surface area contributed by atoms with Crippen LogP contribution in [0.3, 0.4) is 0 Å². The Morgan fingerprint density at radius 2 is 1.97 bits per heavy atom. The van der Waals surface area contributed by atoms with Gasteiger partial charge in [0, 0.05) is 35.7 Å². The standard InChI is InChI=1S/C26H28N2O3/c29-18-8-7-17-11-22-26(31)15-25(23(30)19-3-1-2-4-21(19)27-25)14-24(26,20(17)12-18)9-10-28(22)13-16-5-6-16/h1-4,7-8,12,16,22,27,29,31H,5-6,9-11,13-15H2/t22-,24-,25-,26-/m1/s1. The van der Waals surface area contributed by atoms with Crippen LogP contribution >= 0.6 is 0 Å². The zero-order valence-corrected chi connectivity index (χ0v) is 17.6. The molecule has 2 aromatic rings. The second-order valence-corrected chi connectivity index (χ2v) is 10.7. The van der Waals surface area contributed by atoms with E-state index in [4.69, 9.17) is 0 Å². The molecule has 5 heteroatoms. The molecule has 3 N–H and O–H groups in total. The summed E-state index contributed by atoms with van der Waals surface area (Å²) in [4.78, 5) is 16.2. The Balaban J connectivity index is 1.40. The van der Waals surface area contributed by atoms with Gasteiger partial charge in [0.2, 0.25) is 0 Å². The molecule has 5 aliphatic rings. The Morgan fingerprint density at radius 1 is 1.13 bits per heavy atom. The summed E-state index contributed by atoms with van der Waals surface area (Å²) in [6.45, 7) is 1.99. The van der Waals surface area contributed by atoms with Crippen LogP contribution in [0.5, 0.6) is 5.75 Å². The molecule has 7 rings (SSSR count). The van der Waals surface area contributed by atoms with Crippen molar-refractivity contribution in [3.05, 3.63) is 59.2 Å². The topological polar surface area (TPSA) is 72.8 Å². The molecule has 5 nitrogen and oxygen atoms in total. The van der Waals surface area contributed by atoms with Crippen LogP contribution < -0.4 is 5.32 Å². The fourth-order valence-electron chi connectivity index (χ4n) is 7.51. The molecule has 0 aromatic heterocycles. The number of phenols is 1. The van der Waals surface area contributed by atoms with E-state index in [1.807, 2.05) is 36.4 Å². The monoisotopic (exact) mass is 416 g/mol. The first-order valence-electron chi connectivity index (χ1n) is 11.7.